The maximum Gasteiger partial charge on any atom is 0.461 e. The molecule has 0 aliphatic heterocycles. The summed E-state index contributed by atoms with van der Waals surface area (Å²) in [5.74, 6) is -7.66. The highest BCUT2D eigenvalue weighted by atomic mass is 35.5. The van der Waals surface area contributed by atoms with Crippen LogP contribution in [0.15, 0.2) is 23.1 Å². The van der Waals surface area contributed by atoms with Crippen molar-refractivity contribution in [1.82, 2.24) is 0 Å². The number of carbonyl (C=O) groups excluding carboxylic acids is 1. The third kappa shape index (κ3) is 3.29. The van der Waals surface area contributed by atoms with Crippen LogP contribution in [0.4, 0.5) is 36.4 Å². The lowest BCUT2D eigenvalue weighted by atomic mass is 10.3. The number of anilines is 1. The monoisotopic (exact) mass is 401 g/mol. The van der Waals surface area contributed by atoms with Crippen molar-refractivity contribution in [2.45, 2.75) is 29.2 Å². The Morgan fingerprint density at radius 3 is 2.00 bits per heavy atom. The van der Waals surface area contributed by atoms with E-state index in [4.69, 9.17) is 11.6 Å². The van der Waals surface area contributed by atoms with Crippen LogP contribution >= 0.6 is 11.6 Å². The second kappa shape index (κ2) is 6.06. The van der Waals surface area contributed by atoms with E-state index in [0.29, 0.717) is 12.1 Å². The van der Waals surface area contributed by atoms with Crippen molar-refractivity contribution < 1.29 is 43.9 Å². The molecule has 0 saturated carbocycles. The topological polar surface area (TPSA) is 63.2 Å². The van der Waals surface area contributed by atoms with E-state index >= 15 is 0 Å². The van der Waals surface area contributed by atoms with Crippen LogP contribution in [0, 0.1) is 0 Å². The normalized spacial score (nSPS) is 13.7. The molecule has 0 radical (unpaired) electrons. The molecule has 1 aromatic carbocycles. The first-order chi connectivity index (χ1) is 10.6. The Bertz CT molecular complexity index is 761. The van der Waals surface area contributed by atoms with Crippen LogP contribution in [0.3, 0.4) is 0 Å². The van der Waals surface area contributed by atoms with Gasteiger partial charge in [0.1, 0.15) is 0 Å². The zero-order valence-electron chi connectivity index (χ0n) is 11.4. The average Bonchev–Trinajstić information content (AvgIpc) is 2.38. The number of alkyl halides is 7. The molecule has 0 atom stereocenters. The van der Waals surface area contributed by atoms with Gasteiger partial charge in [-0.25, -0.2) is 8.42 Å². The van der Waals surface area contributed by atoms with Gasteiger partial charge < -0.3 is 5.32 Å². The van der Waals surface area contributed by atoms with Crippen LogP contribution in [0.25, 0.3) is 0 Å². The number of rotatable bonds is 4. The van der Waals surface area contributed by atoms with Gasteiger partial charge in [-0.1, -0.05) is 11.6 Å². The van der Waals surface area contributed by atoms with Crippen LogP contribution in [0.5, 0.6) is 0 Å². The molecule has 0 aromatic heterocycles. The molecule has 0 aliphatic rings. The fourth-order valence-corrected chi connectivity index (χ4v) is 2.87. The Hall–Kier alpha value is -1.56. The van der Waals surface area contributed by atoms with Gasteiger partial charge in [-0.2, -0.15) is 30.7 Å². The van der Waals surface area contributed by atoms with Crippen LogP contribution in [0.1, 0.15) is 6.92 Å². The van der Waals surface area contributed by atoms with Gasteiger partial charge in [0.15, 0.2) is 0 Å². The molecular formula is C11H7ClF7NO3S. The van der Waals surface area contributed by atoms with E-state index in [2.05, 4.69) is 0 Å². The molecule has 4 nitrogen and oxygen atoms in total. The lowest BCUT2D eigenvalue weighted by molar-refractivity contribution is -0.332. The Morgan fingerprint density at radius 2 is 1.58 bits per heavy atom. The minimum atomic E-state index is -6.84. The highest BCUT2D eigenvalue weighted by Crippen LogP contribution is 2.51. The largest absolute Gasteiger partial charge is 0.461 e. The second-order valence-electron chi connectivity index (χ2n) is 4.42. The highest BCUT2D eigenvalue weighted by Gasteiger charge is 2.78. The van der Waals surface area contributed by atoms with Crippen molar-refractivity contribution in [3.05, 3.63) is 23.2 Å². The summed E-state index contributed by atoms with van der Waals surface area (Å²) in [6, 6.07) is 1.20. The van der Waals surface area contributed by atoms with Crippen LogP contribution < -0.4 is 5.32 Å². The quantitative estimate of drug-likeness (QED) is 0.779. The summed E-state index contributed by atoms with van der Waals surface area (Å²) in [5.41, 5.74) is -0.559. The molecule has 1 amide bonds. The molecule has 0 aliphatic carbocycles. The Kier molecular flexibility index (Phi) is 5.17. The first-order valence-corrected chi connectivity index (χ1v) is 7.56. The summed E-state index contributed by atoms with van der Waals surface area (Å²) < 4.78 is 112. The van der Waals surface area contributed by atoms with Crippen molar-refractivity contribution in [2.24, 2.45) is 0 Å². The molecule has 0 heterocycles. The minimum Gasteiger partial charge on any atom is -0.325 e. The van der Waals surface area contributed by atoms with Gasteiger partial charge in [-0.15, -0.1) is 0 Å². The molecule has 0 spiro atoms. The first-order valence-electron chi connectivity index (χ1n) is 5.70. The summed E-state index contributed by atoms with van der Waals surface area (Å²) >= 11 is 5.54. The number of sulfone groups is 1. The number of nitrogens with one attached hydrogen (secondary N) is 1. The summed E-state index contributed by atoms with van der Waals surface area (Å²) in [6.07, 6.45) is -6.81. The molecule has 13 heteroatoms. The molecular weight excluding hydrogens is 395 g/mol. The number of amides is 1. The standard InChI is InChI=1S/C11H7ClF7NO3S/c1-5(21)20-8-4-6(2-3-7(8)12)24(22,23)11(18,19)9(13,14)10(15,16)17/h2-4H,1H3,(H,20,21). The Balaban J connectivity index is 3.52. The Morgan fingerprint density at radius 1 is 1.08 bits per heavy atom. The highest BCUT2D eigenvalue weighted by molar-refractivity contribution is 7.92. The van der Waals surface area contributed by atoms with Crippen molar-refractivity contribution >= 4 is 33.0 Å². The van der Waals surface area contributed by atoms with Gasteiger partial charge in [0, 0.05) is 6.92 Å². The summed E-state index contributed by atoms with van der Waals surface area (Å²) in [7, 11) is -6.47. The molecule has 136 valence electrons. The van der Waals surface area contributed by atoms with Gasteiger partial charge >= 0.3 is 17.4 Å². The Labute approximate surface area is 135 Å². The van der Waals surface area contributed by atoms with E-state index in [9.17, 15) is 43.9 Å². The number of benzene rings is 1. The molecule has 0 bridgehead atoms. The SMILES string of the molecule is CC(=O)Nc1cc(S(=O)(=O)C(F)(F)C(F)(F)C(F)(F)F)ccc1Cl. The van der Waals surface area contributed by atoms with Crippen LogP contribution in [-0.2, 0) is 14.6 Å². The van der Waals surface area contributed by atoms with Crippen molar-refractivity contribution in [2.75, 3.05) is 5.32 Å². The molecule has 0 fully saturated rings. The summed E-state index contributed by atoms with van der Waals surface area (Å²) in [6.45, 7) is 0.934. The van der Waals surface area contributed by atoms with E-state index < -0.39 is 43.7 Å². The van der Waals surface area contributed by atoms with Gasteiger partial charge in [-0.3, -0.25) is 4.79 Å². The number of hydrogen-bond acceptors (Lipinski definition) is 3. The van der Waals surface area contributed by atoms with Crippen molar-refractivity contribution in [3.63, 3.8) is 0 Å². The van der Waals surface area contributed by atoms with Crippen LogP contribution in [0.2, 0.25) is 5.02 Å². The lowest BCUT2D eigenvalue weighted by Gasteiger charge is -2.27. The fourth-order valence-electron chi connectivity index (χ4n) is 1.44. The van der Waals surface area contributed by atoms with Gasteiger partial charge in [0.25, 0.3) is 0 Å². The minimum absolute atomic E-state index is 0.249. The third-order valence-corrected chi connectivity index (χ3v) is 4.75. The van der Waals surface area contributed by atoms with E-state index in [1.807, 2.05) is 5.32 Å². The van der Waals surface area contributed by atoms with Crippen molar-refractivity contribution in [1.29, 1.82) is 0 Å². The lowest BCUT2D eigenvalue weighted by Crippen LogP contribution is -2.55. The number of hydrogen-bond donors (Lipinski definition) is 1. The molecule has 24 heavy (non-hydrogen) atoms. The predicted molar refractivity (Wildman–Crippen MR) is 68.9 cm³/mol. The third-order valence-electron chi connectivity index (χ3n) is 2.62. The number of carbonyl (C=O) groups is 1. The van der Waals surface area contributed by atoms with Gasteiger partial charge in [0.2, 0.25) is 15.7 Å². The van der Waals surface area contributed by atoms with E-state index in [1.165, 1.54) is 0 Å². The predicted octanol–water partition coefficient (Wildman–Crippen LogP) is 3.86. The smallest absolute Gasteiger partial charge is 0.325 e. The average molecular weight is 402 g/mol. The maximum absolute atomic E-state index is 13.5. The second-order valence-corrected chi connectivity index (χ2v) is 6.81. The molecule has 0 saturated heterocycles. The van der Waals surface area contributed by atoms with Gasteiger partial charge in [0.05, 0.1) is 15.6 Å². The number of halogens is 8. The first kappa shape index (κ1) is 20.5. The zero-order chi connectivity index (χ0) is 19.1. The molecule has 0 unspecified atom stereocenters. The maximum atomic E-state index is 13.5. The zero-order valence-corrected chi connectivity index (χ0v) is 13.0. The van der Waals surface area contributed by atoms with Crippen LogP contribution in [-0.4, -0.2) is 31.7 Å². The van der Waals surface area contributed by atoms with E-state index in [0.717, 1.165) is 6.92 Å². The molecule has 1 N–H and O–H groups in total. The van der Waals surface area contributed by atoms with Crippen molar-refractivity contribution in [3.8, 4) is 0 Å². The molecule has 1 rings (SSSR count). The van der Waals surface area contributed by atoms with E-state index in [1.54, 1.807) is 0 Å². The molecule has 1 aromatic rings. The summed E-state index contributed by atoms with van der Waals surface area (Å²) in [5, 5.41) is -4.92. The fraction of sp³-hybridized carbons (Fsp3) is 0.364. The van der Waals surface area contributed by atoms with E-state index in [-0.39, 0.29) is 11.1 Å². The van der Waals surface area contributed by atoms with Gasteiger partial charge in [-0.05, 0) is 18.2 Å². The summed E-state index contributed by atoms with van der Waals surface area (Å²) in [4.78, 5) is 9.30.